The van der Waals surface area contributed by atoms with E-state index in [1.807, 2.05) is 49.4 Å². The molecular formula is C20H21N3O4S. The summed E-state index contributed by atoms with van der Waals surface area (Å²) in [5.41, 5.74) is 1.41. The molecule has 1 amide bonds. The molecule has 7 nitrogen and oxygen atoms in total. The van der Waals surface area contributed by atoms with Gasteiger partial charge in [-0.15, -0.1) is 10.2 Å². The summed E-state index contributed by atoms with van der Waals surface area (Å²) < 4.78 is 16.3. The third-order valence-electron chi connectivity index (χ3n) is 3.84. The Hall–Kier alpha value is -3.00. The molecule has 3 aromatic rings. The molecule has 0 aliphatic heterocycles. The van der Waals surface area contributed by atoms with Crippen molar-refractivity contribution in [3.8, 4) is 23.0 Å². The minimum absolute atomic E-state index is 0.179. The van der Waals surface area contributed by atoms with Crippen molar-refractivity contribution in [3.05, 3.63) is 48.5 Å². The first-order valence-corrected chi connectivity index (χ1v) is 9.66. The number of methoxy groups -OCH3 is 1. The van der Waals surface area contributed by atoms with Gasteiger partial charge in [0.05, 0.1) is 24.7 Å². The van der Waals surface area contributed by atoms with Gasteiger partial charge >= 0.3 is 0 Å². The van der Waals surface area contributed by atoms with Crippen molar-refractivity contribution in [3.63, 3.8) is 0 Å². The SMILES string of the molecule is CCOc1ccccc1NC(=O)[C@H](C)Sc1nnc(-c2ccc(OC)cc2)o1. The molecule has 0 spiro atoms. The van der Waals surface area contributed by atoms with Crippen LogP contribution in [0.4, 0.5) is 5.69 Å². The summed E-state index contributed by atoms with van der Waals surface area (Å²) in [5.74, 6) is 1.59. The summed E-state index contributed by atoms with van der Waals surface area (Å²) >= 11 is 1.20. The Balaban J connectivity index is 1.64. The number of rotatable bonds is 8. The first-order valence-electron chi connectivity index (χ1n) is 8.78. The number of hydrogen-bond acceptors (Lipinski definition) is 7. The number of carbonyl (C=O) groups is 1. The van der Waals surface area contributed by atoms with Crippen molar-refractivity contribution in [2.75, 3.05) is 19.0 Å². The Morgan fingerprint density at radius 2 is 1.93 bits per heavy atom. The lowest BCUT2D eigenvalue weighted by Gasteiger charge is -2.13. The van der Waals surface area contributed by atoms with Gasteiger partial charge in [-0.05, 0) is 50.2 Å². The second-order valence-electron chi connectivity index (χ2n) is 5.78. The Morgan fingerprint density at radius 3 is 2.64 bits per heavy atom. The highest BCUT2D eigenvalue weighted by molar-refractivity contribution is 8.00. The van der Waals surface area contributed by atoms with E-state index in [1.54, 1.807) is 20.1 Å². The standard InChI is InChI=1S/C20H21N3O4S/c1-4-26-17-8-6-5-7-16(17)21-18(24)13(2)28-20-23-22-19(27-20)14-9-11-15(25-3)12-10-14/h5-13H,4H2,1-3H3,(H,21,24)/t13-/m0/s1. The van der Waals surface area contributed by atoms with Crippen LogP contribution in [0.5, 0.6) is 11.5 Å². The van der Waals surface area contributed by atoms with E-state index in [-0.39, 0.29) is 5.91 Å². The van der Waals surface area contributed by atoms with Crippen molar-refractivity contribution in [1.29, 1.82) is 0 Å². The van der Waals surface area contributed by atoms with Crippen LogP contribution in [-0.2, 0) is 4.79 Å². The summed E-state index contributed by atoms with van der Waals surface area (Å²) in [5, 5.41) is 10.8. The molecule has 1 atom stereocenters. The molecule has 0 aliphatic rings. The van der Waals surface area contributed by atoms with Crippen LogP contribution in [0, 0.1) is 0 Å². The van der Waals surface area contributed by atoms with Crippen LogP contribution in [0.15, 0.2) is 58.2 Å². The second-order valence-corrected chi connectivity index (χ2v) is 7.07. The Kier molecular flexibility index (Phi) is 6.54. The van der Waals surface area contributed by atoms with Crippen molar-refractivity contribution >= 4 is 23.4 Å². The number of nitrogens with one attached hydrogen (secondary N) is 1. The lowest BCUT2D eigenvalue weighted by Crippen LogP contribution is -2.22. The lowest BCUT2D eigenvalue weighted by atomic mass is 10.2. The molecule has 0 unspecified atom stereocenters. The third-order valence-corrected chi connectivity index (χ3v) is 4.77. The Labute approximate surface area is 167 Å². The predicted molar refractivity (Wildman–Crippen MR) is 108 cm³/mol. The van der Waals surface area contributed by atoms with Gasteiger partial charge < -0.3 is 19.2 Å². The molecule has 0 radical (unpaired) electrons. The van der Waals surface area contributed by atoms with Gasteiger partial charge in [-0.25, -0.2) is 0 Å². The average molecular weight is 399 g/mol. The topological polar surface area (TPSA) is 86.5 Å². The van der Waals surface area contributed by atoms with Gasteiger partial charge in [0.25, 0.3) is 5.22 Å². The van der Waals surface area contributed by atoms with Crippen LogP contribution >= 0.6 is 11.8 Å². The van der Waals surface area contributed by atoms with Crippen molar-refractivity contribution < 1.29 is 18.7 Å². The number of ether oxygens (including phenoxy) is 2. The van der Waals surface area contributed by atoms with E-state index < -0.39 is 5.25 Å². The number of para-hydroxylation sites is 2. The summed E-state index contributed by atoms with van der Waals surface area (Å²) in [6.45, 7) is 4.20. The van der Waals surface area contributed by atoms with Gasteiger partial charge in [0, 0.05) is 5.56 Å². The maximum Gasteiger partial charge on any atom is 0.277 e. The van der Waals surface area contributed by atoms with Gasteiger partial charge in [-0.2, -0.15) is 0 Å². The average Bonchev–Trinajstić information content (AvgIpc) is 3.18. The summed E-state index contributed by atoms with van der Waals surface area (Å²) in [6.07, 6.45) is 0. The first-order chi connectivity index (χ1) is 13.6. The Bertz CT molecular complexity index is 927. The largest absolute Gasteiger partial charge is 0.497 e. The summed E-state index contributed by atoms with van der Waals surface area (Å²) in [7, 11) is 1.61. The molecule has 1 heterocycles. The zero-order valence-corrected chi connectivity index (χ0v) is 16.7. The van der Waals surface area contributed by atoms with E-state index >= 15 is 0 Å². The molecule has 0 saturated heterocycles. The second kappa shape index (κ2) is 9.27. The molecule has 0 saturated carbocycles. The zero-order chi connectivity index (χ0) is 19.9. The molecule has 0 aliphatic carbocycles. The van der Waals surface area contributed by atoms with Crippen molar-refractivity contribution in [2.24, 2.45) is 0 Å². The quantitative estimate of drug-likeness (QED) is 0.566. The van der Waals surface area contributed by atoms with Gasteiger partial charge in [0.15, 0.2) is 0 Å². The fourth-order valence-corrected chi connectivity index (χ4v) is 3.08. The molecule has 28 heavy (non-hydrogen) atoms. The van der Waals surface area contributed by atoms with Gasteiger partial charge in [0.2, 0.25) is 11.8 Å². The minimum atomic E-state index is -0.432. The van der Waals surface area contributed by atoms with Crippen LogP contribution in [-0.4, -0.2) is 35.1 Å². The van der Waals surface area contributed by atoms with E-state index in [1.165, 1.54) is 11.8 Å². The maximum absolute atomic E-state index is 12.5. The molecular weight excluding hydrogens is 378 g/mol. The molecule has 0 bridgehead atoms. The highest BCUT2D eigenvalue weighted by Crippen LogP contribution is 2.29. The van der Waals surface area contributed by atoms with Crippen molar-refractivity contribution in [2.45, 2.75) is 24.3 Å². The fraction of sp³-hybridized carbons (Fsp3) is 0.250. The monoisotopic (exact) mass is 399 g/mol. The van der Waals surface area contributed by atoms with E-state index in [4.69, 9.17) is 13.9 Å². The first kappa shape index (κ1) is 19.8. The number of thioether (sulfide) groups is 1. The zero-order valence-electron chi connectivity index (χ0n) is 15.8. The Morgan fingerprint density at radius 1 is 1.18 bits per heavy atom. The van der Waals surface area contributed by atoms with E-state index in [0.717, 1.165) is 11.3 Å². The smallest absolute Gasteiger partial charge is 0.277 e. The van der Waals surface area contributed by atoms with Crippen molar-refractivity contribution in [1.82, 2.24) is 10.2 Å². The molecule has 2 aromatic carbocycles. The number of nitrogens with zero attached hydrogens (tertiary/aromatic N) is 2. The lowest BCUT2D eigenvalue weighted by molar-refractivity contribution is -0.115. The van der Waals surface area contributed by atoms with Crippen LogP contribution in [0.3, 0.4) is 0 Å². The molecule has 1 aromatic heterocycles. The molecule has 0 fully saturated rings. The van der Waals surface area contributed by atoms with Gasteiger partial charge in [-0.1, -0.05) is 23.9 Å². The minimum Gasteiger partial charge on any atom is -0.497 e. The normalized spacial score (nSPS) is 11.7. The third kappa shape index (κ3) is 4.83. The summed E-state index contributed by atoms with van der Waals surface area (Å²) in [6, 6.07) is 14.6. The van der Waals surface area contributed by atoms with Crippen LogP contribution in [0.25, 0.3) is 11.5 Å². The van der Waals surface area contributed by atoms with Crippen LogP contribution in [0.1, 0.15) is 13.8 Å². The highest BCUT2D eigenvalue weighted by atomic mass is 32.2. The fourth-order valence-electron chi connectivity index (χ4n) is 2.40. The summed E-state index contributed by atoms with van der Waals surface area (Å²) in [4.78, 5) is 12.5. The van der Waals surface area contributed by atoms with E-state index in [2.05, 4.69) is 15.5 Å². The molecule has 146 valence electrons. The predicted octanol–water partition coefficient (Wildman–Crippen LogP) is 4.26. The van der Waals surface area contributed by atoms with Gasteiger partial charge in [0.1, 0.15) is 11.5 Å². The van der Waals surface area contributed by atoms with E-state index in [0.29, 0.717) is 29.2 Å². The number of benzene rings is 2. The number of amides is 1. The number of hydrogen-bond donors (Lipinski definition) is 1. The van der Waals surface area contributed by atoms with Gasteiger partial charge in [-0.3, -0.25) is 4.79 Å². The number of carbonyl (C=O) groups excluding carboxylic acids is 1. The number of aromatic nitrogens is 2. The van der Waals surface area contributed by atoms with Crippen LogP contribution < -0.4 is 14.8 Å². The van der Waals surface area contributed by atoms with Crippen LogP contribution in [0.2, 0.25) is 0 Å². The number of anilines is 1. The highest BCUT2D eigenvalue weighted by Gasteiger charge is 2.20. The molecule has 8 heteroatoms. The molecule has 3 rings (SSSR count). The molecule has 1 N–H and O–H groups in total. The van der Waals surface area contributed by atoms with E-state index in [9.17, 15) is 4.79 Å². The maximum atomic E-state index is 12.5.